The molecule has 1 saturated heterocycles. The molecule has 5 nitrogen and oxygen atoms in total. The molecule has 3 N–H and O–H groups in total. The fourth-order valence-corrected chi connectivity index (χ4v) is 2.55. The normalized spacial score (nSPS) is 20.6. The van der Waals surface area contributed by atoms with Crippen LogP contribution < -0.4 is 11.1 Å². The number of hydrogen-bond acceptors (Lipinski definition) is 5. The molecule has 1 aliphatic rings. The summed E-state index contributed by atoms with van der Waals surface area (Å²) >= 11 is 0. The molecule has 0 spiro atoms. The highest BCUT2D eigenvalue weighted by atomic mass is 15.1. The van der Waals surface area contributed by atoms with E-state index in [-0.39, 0.29) is 0 Å². The van der Waals surface area contributed by atoms with Gasteiger partial charge in [-0.3, -0.25) is 0 Å². The number of aromatic nitrogens is 2. The van der Waals surface area contributed by atoms with E-state index in [1.54, 1.807) is 0 Å². The van der Waals surface area contributed by atoms with Gasteiger partial charge in [-0.2, -0.15) is 0 Å². The molecule has 1 aromatic heterocycles. The summed E-state index contributed by atoms with van der Waals surface area (Å²) in [5, 5.41) is 3.44. The van der Waals surface area contributed by atoms with Crippen LogP contribution in [0.25, 0.3) is 0 Å². The van der Waals surface area contributed by atoms with Crippen molar-refractivity contribution in [3.8, 4) is 0 Å². The van der Waals surface area contributed by atoms with Gasteiger partial charge in [0.15, 0.2) is 0 Å². The zero-order valence-corrected chi connectivity index (χ0v) is 11.5. The van der Waals surface area contributed by atoms with Crippen LogP contribution in [0.3, 0.4) is 0 Å². The average molecular weight is 249 g/mol. The maximum absolute atomic E-state index is 5.93. The fraction of sp³-hybridized carbons (Fsp3) is 0.692. The van der Waals surface area contributed by atoms with Crippen LogP contribution in [0.15, 0.2) is 6.33 Å². The lowest BCUT2D eigenvalue weighted by molar-refractivity contribution is 0.399. The third kappa shape index (κ3) is 2.90. The third-order valence-corrected chi connectivity index (χ3v) is 3.54. The van der Waals surface area contributed by atoms with Crippen molar-refractivity contribution in [1.29, 1.82) is 0 Å². The summed E-state index contributed by atoms with van der Waals surface area (Å²) in [5.41, 5.74) is 6.96. The van der Waals surface area contributed by atoms with Crippen LogP contribution in [0, 0.1) is 5.92 Å². The van der Waals surface area contributed by atoms with Crippen molar-refractivity contribution in [3.63, 3.8) is 0 Å². The minimum Gasteiger partial charge on any atom is -0.383 e. The van der Waals surface area contributed by atoms with Crippen molar-refractivity contribution in [2.75, 3.05) is 37.7 Å². The standard InChI is InChI=1S/C13H23N5/c1-9(2)11-12(14)16-8-17-13(11)15-6-10-4-5-18(3)7-10/h8-10H,4-7H2,1-3H3,(H3,14,15,16,17). The van der Waals surface area contributed by atoms with Crippen LogP contribution in [0.1, 0.15) is 31.7 Å². The number of hydrogen-bond donors (Lipinski definition) is 2. The Morgan fingerprint density at radius 3 is 2.89 bits per heavy atom. The van der Waals surface area contributed by atoms with Gasteiger partial charge in [-0.1, -0.05) is 13.8 Å². The number of likely N-dealkylation sites (tertiary alicyclic amines) is 1. The molecule has 1 atom stereocenters. The molecule has 100 valence electrons. The van der Waals surface area contributed by atoms with Gasteiger partial charge < -0.3 is 16.0 Å². The smallest absolute Gasteiger partial charge is 0.134 e. The van der Waals surface area contributed by atoms with Crippen LogP contribution in [-0.4, -0.2) is 41.5 Å². The summed E-state index contributed by atoms with van der Waals surface area (Å²) in [5.74, 6) is 2.52. The van der Waals surface area contributed by atoms with E-state index >= 15 is 0 Å². The van der Waals surface area contributed by atoms with E-state index in [4.69, 9.17) is 5.73 Å². The first kappa shape index (κ1) is 13.1. The van der Waals surface area contributed by atoms with E-state index < -0.39 is 0 Å². The lowest BCUT2D eigenvalue weighted by atomic mass is 10.0. The summed E-state index contributed by atoms with van der Waals surface area (Å²) in [6.45, 7) is 7.54. The fourth-order valence-electron chi connectivity index (χ4n) is 2.55. The molecule has 1 fully saturated rings. The van der Waals surface area contributed by atoms with Gasteiger partial charge in [0.2, 0.25) is 0 Å². The molecular weight excluding hydrogens is 226 g/mol. The third-order valence-electron chi connectivity index (χ3n) is 3.54. The molecule has 0 aliphatic carbocycles. The van der Waals surface area contributed by atoms with Gasteiger partial charge >= 0.3 is 0 Å². The molecule has 0 aromatic carbocycles. The first-order valence-corrected chi connectivity index (χ1v) is 6.60. The van der Waals surface area contributed by atoms with Crippen LogP contribution in [-0.2, 0) is 0 Å². The minimum atomic E-state index is 0.333. The molecule has 0 amide bonds. The maximum atomic E-state index is 5.93. The molecule has 1 aliphatic heterocycles. The van der Waals surface area contributed by atoms with E-state index in [0.29, 0.717) is 17.7 Å². The zero-order chi connectivity index (χ0) is 13.1. The molecule has 0 bridgehead atoms. The number of nitrogens with one attached hydrogen (secondary N) is 1. The van der Waals surface area contributed by atoms with Gasteiger partial charge in [0, 0.05) is 18.7 Å². The van der Waals surface area contributed by atoms with Crippen molar-refractivity contribution >= 4 is 11.6 Å². The monoisotopic (exact) mass is 249 g/mol. The van der Waals surface area contributed by atoms with Gasteiger partial charge in [-0.15, -0.1) is 0 Å². The zero-order valence-electron chi connectivity index (χ0n) is 11.5. The predicted octanol–water partition coefficient (Wildman–Crippen LogP) is 1.55. The van der Waals surface area contributed by atoms with E-state index in [1.165, 1.54) is 19.3 Å². The molecule has 1 unspecified atom stereocenters. The van der Waals surface area contributed by atoms with Crippen molar-refractivity contribution in [2.24, 2.45) is 5.92 Å². The molecule has 0 saturated carbocycles. The molecule has 2 heterocycles. The summed E-state index contributed by atoms with van der Waals surface area (Å²) in [4.78, 5) is 10.8. The van der Waals surface area contributed by atoms with Crippen LogP contribution in [0.2, 0.25) is 0 Å². The van der Waals surface area contributed by atoms with Crippen LogP contribution >= 0.6 is 0 Å². The Balaban J connectivity index is 2.03. The van der Waals surface area contributed by atoms with Gasteiger partial charge in [-0.25, -0.2) is 9.97 Å². The van der Waals surface area contributed by atoms with E-state index in [2.05, 4.69) is 41.1 Å². The number of nitrogens with zero attached hydrogens (tertiary/aromatic N) is 3. The highest BCUT2D eigenvalue weighted by Crippen LogP contribution is 2.26. The lowest BCUT2D eigenvalue weighted by Crippen LogP contribution is -2.20. The quantitative estimate of drug-likeness (QED) is 0.847. The van der Waals surface area contributed by atoms with Crippen molar-refractivity contribution in [1.82, 2.24) is 14.9 Å². The Morgan fingerprint density at radius 2 is 2.28 bits per heavy atom. The summed E-state index contributed by atoms with van der Waals surface area (Å²) in [6.07, 6.45) is 2.78. The SMILES string of the molecule is CC(C)c1c(N)ncnc1NCC1CCN(C)C1. The Morgan fingerprint density at radius 1 is 1.50 bits per heavy atom. The second-order valence-electron chi connectivity index (χ2n) is 5.47. The van der Waals surface area contributed by atoms with Gasteiger partial charge in [0.1, 0.15) is 18.0 Å². The molecule has 0 radical (unpaired) electrons. The molecule has 5 heteroatoms. The van der Waals surface area contributed by atoms with E-state index in [1.807, 2.05) is 0 Å². The average Bonchev–Trinajstić information content (AvgIpc) is 2.72. The van der Waals surface area contributed by atoms with E-state index in [9.17, 15) is 0 Å². The Labute approximate surface area is 109 Å². The largest absolute Gasteiger partial charge is 0.383 e. The molecule has 2 rings (SSSR count). The van der Waals surface area contributed by atoms with Crippen LogP contribution in [0.4, 0.5) is 11.6 Å². The molecule has 1 aromatic rings. The predicted molar refractivity (Wildman–Crippen MR) is 74.6 cm³/mol. The summed E-state index contributed by atoms with van der Waals surface area (Å²) < 4.78 is 0. The maximum Gasteiger partial charge on any atom is 0.134 e. The van der Waals surface area contributed by atoms with Gasteiger partial charge in [0.05, 0.1) is 0 Å². The van der Waals surface area contributed by atoms with Crippen LogP contribution in [0.5, 0.6) is 0 Å². The first-order valence-electron chi connectivity index (χ1n) is 6.60. The summed E-state index contributed by atoms with van der Waals surface area (Å²) in [7, 11) is 2.17. The lowest BCUT2D eigenvalue weighted by Gasteiger charge is -2.17. The highest BCUT2D eigenvalue weighted by Gasteiger charge is 2.20. The van der Waals surface area contributed by atoms with Crippen molar-refractivity contribution in [3.05, 3.63) is 11.9 Å². The summed E-state index contributed by atoms with van der Waals surface area (Å²) in [6, 6.07) is 0. The minimum absolute atomic E-state index is 0.333. The Kier molecular flexibility index (Phi) is 4.01. The highest BCUT2D eigenvalue weighted by molar-refractivity contribution is 5.56. The topological polar surface area (TPSA) is 67.1 Å². The Bertz CT molecular complexity index is 404. The number of nitrogens with two attached hydrogens (primary N) is 1. The number of nitrogen functional groups attached to an aromatic ring is 1. The van der Waals surface area contributed by atoms with Gasteiger partial charge in [0.25, 0.3) is 0 Å². The molecular formula is C13H23N5. The Hall–Kier alpha value is -1.36. The van der Waals surface area contributed by atoms with Crippen molar-refractivity contribution < 1.29 is 0 Å². The first-order chi connectivity index (χ1) is 8.58. The van der Waals surface area contributed by atoms with Gasteiger partial charge in [-0.05, 0) is 31.8 Å². The van der Waals surface area contributed by atoms with E-state index in [0.717, 1.165) is 24.5 Å². The second-order valence-corrected chi connectivity index (χ2v) is 5.47. The van der Waals surface area contributed by atoms with Crippen molar-refractivity contribution in [2.45, 2.75) is 26.2 Å². The number of anilines is 2. The molecule has 18 heavy (non-hydrogen) atoms. The number of rotatable bonds is 4. The second kappa shape index (κ2) is 5.52.